The van der Waals surface area contributed by atoms with Crippen molar-refractivity contribution in [1.29, 1.82) is 0 Å². The van der Waals surface area contributed by atoms with Crippen molar-refractivity contribution in [1.82, 2.24) is 15.4 Å². The summed E-state index contributed by atoms with van der Waals surface area (Å²) in [5, 5.41) is 9.22. The third-order valence-corrected chi connectivity index (χ3v) is 4.68. The molecule has 1 aromatic heterocycles. The highest BCUT2D eigenvalue weighted by molar-refractivity contribution is 7.99. The maximum absolute atomic E-state index is 11.1. The summed E-state index contributed by atoms with van der Waals surface area (Å²) in [7, 11) is 0. The summed E-state index contributed by atoms with van der Waals surface area (Å²) in [6.07, 6.45) is 0.907. The van der Waals surface area contributed by atoms with E-state index in [9.17, 15) is 4.79 Å². The predicted octanol–water partition coefficient (Wildman–Crippen LogP) is 4.19. The molecule has 0 saturated carbocycles. The molecule has 3 rings (SSSR count). The van der Waals surface area contributed by atoms with E-state index >= 15 is 0 Å². The number of thioether (sulfide) groups is 1. The van der Waals surface area contributed by atoms with Crippen molar-refractivity contribution in [3.63, 3.8) is 0 Å². The van der Waals surface area contributed by atoms with E-state index in [0.717, 1.165) is 22.5 Å². The first-order valence-corrected chi connectivity index (χ1v) is 9.30. The summed E-state index contributed by atoms with van der Waals surface area (Å²) in [4.78, 5) is 20.4. The number of hydrogen-bond donors (Lipinski definition) is 2. The number of nitrogens with zero attached hydrogens (tertiary/aromatic N) is 2. The van der Waals surface area contributed by atoms with Crippen LogP contribution in [-0.2, 0) is 4.79 Å². The highest BCUT2D eigenvalue weighted by atomic mass is 32.2. The van der Waals surface area contributed by atoms with Crippen molar-refractivity contribution in [3.05, 3.63) is 66.7 Å². The molecule has 0 radical (unpaired) electrons. The fourth-order valence-electron chi connectivity index (χ4n) is 2.46. The Labute approximate surface area is 156 Å². The van der Waals surface area contributed by atoms with E-state index in [2.05, 4.69) is 9.97 Å². The molecule has 0 saturated heterocycles. The monoisotopic (exact) mass is 365 g/mol. The van der Waals surface area contributed by atoms with Gasteiger partial charge in [0.2, 0.25) is 5.91 Å². The van der Waals surface area contributed by atoms with Crippen molar-refractivity contribution in [2.75, 3.05) is 5.75 Å². The van der Waals surface area contributed by atoms with Crippen LogP contribution >= 0.6 is 11.8 Å². The van der Waals surface area contributed by atoms with Gasteiger partial charge in [-0.1, -0.05) is 72.4 Å². The highest BCUT2D eigenvalue weighted by Gasteiger charge is 2.09. The Morgan fingerprint density at radius 3 is 1.96 bits per heavy atom. The van der Waals surface area contributed by atoms with Crippen LogP contribution < -0.4 is 5.48 Å². The second-order valence-electron chi connectivity index (χ2n) is 5.64. The van der Waals surface area contributed by atoms with E-state index < -0.39 is 0 Å². The zero-order valence-corrected chi connectivity index (χ0v) is 14.9. The fourth-order valence-corrected chi connectivity index (χ4v) is 3.25. The highest BCUT2D eigenvalue weighted by Crippen LogP contribution is 2.27. The van der Waals surface area contributed by atoms with Crippen LogP contribution in [0.3, 0.4) is 0 Å². The zero-order chi connectivity index (χ0) is 18.2. The molecule has 0 bridgehead atoms. The van der Waals surface area contributed by atoms with Gasteiger partial charge in [-0.3, -0.25) is 10.0 Å². The Kier molecular flexibility index (Phi) is 6.35. The number of hydroxylamine groups is 1. The molecule has 1 heterocycles. The SMILES string of the molecule is O=C(CCCSc1nc(-c2ccccc2)cc(-c2ccccc2)n1)NO. The van der Waals surface area contributed by atoms with Gasteiger partial charge in [0.15, 0.2) is 5.16 Å². The number of carbonyl (C=O) groups is 1. The Morgan fingerprint density at radius 1 is 0.923 bits per heavy atom. The summed E-state index contributed by atoms with van der Waals surface area (Å²) in [6.45, 7) is 0. The Hall–Kier alpha value is -2.70. The minimum Gasteiger partial charge on any atom is -0.289 e. The van der Waals surface area contributed by atoms with Crippen LogP contribution in [0.1, 0.15) is 12.8 Å². The summed E-state index contributed by atoms with van der Waals surface area (Å²) < 4.78 is 0. The normalized spacial score (nSPS) is 10.5. The molecule has 3 aromatic rings. The van der Waals surface area contributed by atoms with Gasteiger partial charge < -0.3 is 0 Å². The lowest BCUT2D eigenvalue weighted by molar-refractivity contribution is -0.129. The molecule has 0 spiro atoms. The Morgan fingerprint density at radius 2 is 1.46 bits per heavy atom. The minimum absolute atomic E-state index is 0.271. The van der Waals surface area contributed by atoms with Crippen molar-refractivity contribution in [3.8, 4) is 22.5 Å². The van der Waals surface area contributed by atoms with Gasteiger partial charge in [0.1, 0.15) is 0 Å². The van der Waals surface area contributed by atoms with Crippen LogP contribution in [-0.4, -0.2) is 26.8 Å². The molecular weight excluding hydrogens is 346 g/mol. The largest absolute Gasteiger partial charge is 0.289 e. The van der Waals surface area contributed by atoms with Crippen LogP contribution in [0.2, 0.25) is 0 Å². The van der Waals surface area contributed by atoms with Crippen LogP contribution in [0, 0.1) is 0 Å². The van der Waals surface area contributed by atoms with Gasteiger partial charge in [-0.25, -0.2) is 15.4 Å². The number of aromatic nitrogens is 2. The number of rotatable bonds is 7. The summed E-state index contributed by atoms with van der Waals surface area (Å²) in [5.41, 5.74) is 5.46. The van der Waals surface area contributed by atoms with Gasteiger partial charge in [-0.15, -0.1) is 0 Å². The lowest BCUT2D eigenvalue weighted by Crippen LogP contribution is -2.18. The van der Waals surface area contributed by atoms with E-state index in [1.54, 1.807) is 5.48 Å². The van der Waals surface area contributed by atoms with Crippen LogP contribution in [0.5, 0.6) is 0 Å². The first-order chi connectivity index (χ1) is 12.8. The van der Waals surface area contributed by atoms with Crippen LogP contribution in [0.15, 0.2) is 71.9 Å². The predicted molar refractivity (Wildman–Crippen MR) is 103 cm³/mol. The first-order valence-electron chi connectivity index (χ1n) is 8.32. The van der Waals surface area contributed by atoms with Crippen molar-refractivity contribution < 1.29 is 10.0 Å². The second kappa shape index (κ2) is 9.12. The third-order valence-electron chi connectivity index (χ3n) is 3.75. The van der Waals surface area contributed by atoms with Crippen LogP contribution in [0.25, 0.3) is 22.5 Å². The molecule has 1 amide bonds. The Bertz CT molecular complexity index is 800. The van der Waals surface area contributed by atoms with Gasteiger partial charge in [0, 0.05) is 23.3 Å². The van der Waals surface area contributed by atoms with E-state index in [-0.39, 0.29) is 12.3 Å². The number of hydrogen-bond acceptors (Lipinski definition) is 5. The zero-order valence-electron chi connectivity index (χ0n) is 14.1. The van der Waals surface area contributed by atoms with Crippen molar-refractivity contribution >= 4 is 17.7 Å². The lowest BCUT2D eigenvalue weighted by atomic mass is 10.1. The standard InChI is InChI=1S/C20H19N3O2S/c24-19(23-25)12-7-13-26-20-21-17(15-8-3-1-4-9-15)14-18(22-20)16-10-5-2-6-11-16/h1-6,8-11,14,25H,7,12-13H2,(H,23,24). The van der Waals surface area contributed by atoms with Gasteiger partial charge >= 0.3 is 0 Å². The van der Waals surface area contributed by atoms with Crippen molar-refractivity contribution in [2.24, 2.45) is 0 Å². The molecule has 26 heavy (non-hydrogen) atoms. The van der Waals surface area contributed by atoms with Gasteiger partial charge in [-0.2, -0.15) is 0 Å². The van der Waals surface area contributed by atoms with Gasteiger partial charge in [0.25, 0.3) is 0 Å². The Balaban J connectivity index is 1.85. The smallest absolute Gasteiger partial charge is 0.243 e. The average molecular weight is 365 g/mol. The molecule has 2 N–H and O–H groups in total. The quantitative estimate of drug-likeness (QED) is 0.216. The molecule has 6 heteroatoms. The molecule has 0 atom stereocenters. The average Bonchev–Trinajstić information content (AvgIpc) is 2.72. The molecule has 0 aliphatic rings. The topological polar surface area (TPSA) is 75.1 Å². The van der Waals surface area contributed by atoms with Gasteiger partial charge in [-0.05, 0) is 12.5 Å². The van der Waals surface area contributed by atoms with E-state index in [4.69, 9.17) is 5.21 Å². The van der Waals surface area contributed by atoms with Crippen LogP contribution in [0.4, 0.5) is 0 Å². The third kappa shape index (κ3) is 4.91. The molecular formula is C20H19N3O2S. The van der Waals surface area contributed by atoms with Crippen molar-refractivity contribution in [2.45, 2.75) is 18.0 Å². The van der Waals surface area contributed by atoms with Gasteiger partial charge in [0.05, 0.1) is 11.4 Å². The molecule has 0 aliphatic carbocycles. The maximum atomic E-state index is 11.1. The maximum Gasteiger partial charge on any atom is 0.243 e. The van der Waals surface area contributed by atoms with E-state index in [0.29, 0.717) is 17.3 Å². The summed E-state index contributed by atoms with van der Waals surface area (Å²) >= 11 is 1.51. The molecule has 0 aliphatic heterocycles. The molecule has 132 valence electrons. The molecule has 2 aromatic carbocycles. The number of nitrogens with one attached hydrogen (secondary N) is 1. The number of amides is 1. The van der Waals surface area contributed by atoms with E-state index in [1.165, 1.54) is 11.8 Å². The molecule has 0 fully saturated rings. The number of carbonyl (C=O) groups excluding carboxylic acids is 1. The first kappa shape index (κ1) is 18.1. The lowest BCUT2D eigenvalue weighted by Gasteiger charge is -2.08. The molecule has 0 unspecified atom stereocenters. The molecule has 5 nitrogen and oxygen atoms in total. The second-order valence-corrected chi connectivity index (χ2v) is 6.70. The number of benzene rings is 2. The minimum atomic E-state index is -0.380. The summed E-state index contributed by atoms with van der Waals surface area (Å²) in [5.74, 6) is 0.314. The summed E-state index contributed by atoms with van der Waals surface area (Å²) in [6, 6.07) is 22.0. The van der Waals surface area contributed by atoms with E-state index in [1.807, 2.05) is 66.7 Å². The fraction of sp³-hybridized carbons (Fsp3) is 0.150.